The van der Waals surface area contributed by atoms with Gasteiger partial charge in [0.1, 0.15) is 5.75 Å². The number of aromatic nitrogens is 3. The predicted molar refractivity (Wildman–Crippen MR) is 141 cm³/mol. The molecule has 3 N–H and O–H groups in total. The SMILES string of the molecule is O=C(Nc1ccc(O)c(Cl)c1)c1ccccc1Sc1ccc2c(/C=C/c3ccccn3)n[nH]c2c1. The Kier molecular flexibility index (Phi) is 6.52. The van der Waals surface area contributed by atoms with Gasteiger partial charge in [0.15, 0.2) is 0 Å². The number of halogens is 1. The molecule has 0 aliphatic carbocycles. The number of amides is 1. The predicted octanol–water partition coefficient (Wildman–Crippen LogP) is 6.89. The van der Waals surface area contributed by atoms with Crippen molar-refractivity contribution in [2.24, 2.45) is 0 Å². The molecular weight excluding hydrogens is 480 g/mol. The summed E-state index contributed by atoms with van der Waals surface area (Å²) < 4.78 is 0. The van der Waals surface area contributed by atoms with E-state index in [2.05, 4.69) is 20.5 Å². The first-order valence-electron chi connectivity index (χ1n) is 10.7. The molecule has 2 aromatic heterocycles. The van der Waals surface area contributed by atoms with Crippen LogP contribution in [-0.4, -0.2) is 26.2 Å². The molecule has 0 spiro atoms. The van der Waals surface area contributed by atoms with Gasteiger partial charge in [-0.2, -0.15) is 5.10 Å². The first kappa shape index (κ1) is 22.7. The summed E-state index contributed by atoms with van der Waals surface area (Å²) in [6, 6.07) is 23.7. The Bertz CT molecular complexity index is 1550. The monoisotopic (exact) mass is 498 g/mol. The van der Waals surface area contributed by atoms with Crippen molar-refractivity contribution in [2.45, 2.75) is 9.79 Å². The molecular formula is C27H19ClN4O2S. The molecule has 0 saturated heterocycles. The van der Waals surface area contributed by atoms with Crippen LogP contribution in [0.25, 0.3) is 23.1 Å². The van der Waals surface area contributed by atoms with Crippen LogP contribution in [0.3, 0.4) is 0 Å². The minimum Gasteiger partial charge on any atom is -0.506 e. The highest BCUT2D eigenvalue weighted by Crippen LogP contribution is 2.33. The number of hydrogen-bond donors (Lipinski definition) is 3. The largest absolute Gasteiger partial charge is 0.506 e. The molecule has 0 fully saturated rings. The lowest BCUT2D eigenvalue weighted by Gasteiger charge is -2.11. The van der Waals surface area contributed by atoms with Gasteiger partial charge in [-0.25, -0.2) is 0 Å². The molecule has 0 aliphatic rings. The van der Waals surface area contributed by atoms with Crippen LogP contribution in [0.1, 0.15) is 21.7 Å². The van der Waals surface area contributed by atoms with Crippen LogP contribution in [0.2, 0.25) is 5.02 Å². The maximum Gasteiger partial charge on any atom is 0.256 e. The van der Waals surface area contributed by atoms with E-state index < -0.39 is 0 Å². The Labute approximate surface area is 210 Å². The summed E-state index contributed by atoms with van der Waals surface area (Å²) >= 11 is 7.45. The third-order valence-electron chi connectivity index (χ3n) is 5.23. The van der Waals surface area contributed by atoms with E-state index in [0.29, 0.717) is 11.3 Å². The molecule has 6 nitrogen and oxygen atoms in total. The van der Waals surface area contributed by atoms with Gasteiger partial charge in [0, 0.05) is 27.1 Å². The quantitative estimate of drug-likeness (QED) is 0.222. The molecule has 0 atom stereocenters. The van der Waals surface area contributed by atoms with Crippen molar-refractivity contribution >= 4 is 58.0 Å². The average Bonchev–Trinajstić information content (AvgIpc) is 3.28. The summed E-state index contributed by atoms with van der Waals surface area (Å²) in [5.41, 5.74) is 3.62. The Morgan fingerprint density at radius 3 is 2.69 bits per heavy atom. The van der Waals surface area contributed by atoms with Gasteiger partial charge in [0.05, 0.1) is 27.5 Å². The summed E-state index contributed by atoms with van der Waals surface area (Å²) in [5.74, 6) is -0.301. The van der Waals surface area contributed by atoms with Gasteiger partial charge < -0.3 is 10.4 Å². The second-order valence-corrected chi connectivity index (χ2v) is 9.15. The van der Waals surface area contributed by atoms with Gasteiger partial charge in [0.25, 0.3) is 5.91 Å². The number of H-pyrrole nitrogens is 1. The summed E-state index contributed by atoms with van der Waals surface area (Å²) in [4.78, 5) is 19.0. The van der Waals surface area contributed by atoms with Crippen molar-refractivity contribution in [3.63, 3.8) is 0 Å². The Hall–Kier alpha value is -4.07. The van der Waals surface area contributed by atoms with Gasteiger partial charge in [-0.1, -0.05) is 41.6 Å². The molecule has 0 unspecified atom stereocenters. The lowest BCUT2D eigenvalue weighted by Crippen LogP contribution is -2.12. The minimum absolute atomic E-state index is 0.0369. The minimum atomic E-state index is -0.264. The fourth-order valence-corrected chi connectivity index (χ4v) is 4.67. The van der Waals surface area contributed by atoms with Crippen molar-refractivity contribution < 1.29 is 9.90 Å². The summed E-state index contributed by atoms with van der Waals surface area (Å²) in [7, 11) is 0. The van der Waals surface area contributed by atoms with Crippen molar-refractivity contribution in [1.82, 2.24) is 15.2 Å². The van der Waals surface area contributed by atoms with Crippen LogP contribution in [0.4, 0.5) is 5.69 Å². The van der Waals surface area contributed by atoms with E-state index in [0.717, 1.165) is 32.1 Å². The normalized spacial score (nSPS) is 11.2. The van der Waals surface area contributed by atoms with Crippen LogP contribution in [-0.2, 0) is 0 Å². The van der Waals surface area contributed by atoms with Gasteiger partial charge in [-0.05, 0) is 72.8 Å². The Morgan fingerprint density at radius 1 is 1.00 bits per heavy atom. The van der Waals surface area contributed by atoms with E-state index in [-0.39, 0.29) is 16.7 Å². The van der Waals surface area contributed by atoms with E-state index in [1.807, 2.05) is 66.7 Å². The zero-order valence-corrected chi connectivity index (χ0v) is 19.8. The first-order valence-corrected chi connectivity index (χ1v) is 11.9. The van der Waals surface area contributed by atoms with E-state index >= 15 is 0 Å². The second kappa shape index (κ2) is 10.0. The van der Waals surface area contributed by atoms with E-state index in [1.165, 1.54) is 23.9 Å². The number of benzene rings is 3. The van der Waals surface area contributed by atoms with E-state index in [1.54, 1.807) is 18.3 Å². The number of rotatable bonds is 6. The van der Waals surface area contributed by atoms with Crippen LogP contribution in [0, 0.1) is 0 Å². The zero-order valence-electron chi connectivity index (χ0n) is 18.3. The van der Waals surface area contributed by atoms with E-state index in [4.69, 9.17) is 11.6 Å². The Morgan fingerprint density at radius 2 is 1.86 bits per heavy atom. The number of fused-ring (bicyclic) bond motifs is 1. The number of aromatic hydroxyl groups is 1. The van der Waals surface area contributed by atoms with Crippen molar-refractivity contribution in [1.29, 1.82) is 0 Å². The maximum absolute atomic E-state index is 13.0. The first-order chi connectivity index (χ1) is 17.1. The second-order valence-electron chi connectivity index (χ2n) is 7.62. The number of hydrogen-bond acceptors (Lipinski definition) is 5. The molecule has 2 heterocycles. The van der Waals surface area contributed by atoms with Gasteiger partial charge in [0.2, 0.25) is 0 Å². The zero-order chi connectivity index (χ0) is 24.2. The third kappa shape index (κ3) is 5.21. The van der Waals surface area contributed by atoms with Gasteiger partial charge in [-0.15, -0.1) is 0 Å². The lowest BCUT2D eigenvalue weighted by molar-refractivity contribution is 0.102. The molecule has 35 heavy (non-hydrogen) atoms. The number of carbonyl (C=O) groups excluding carboxylic acids is 1. The molecule has 3 aromatic carbocycles. The number of pyridine rings is 1. The highest BCUT2D eigenvalue weighted by molar-refractivity contribution is 7.99. The van der Waals surface area contributed by atoms with Gasteiger partial charge in [-0.3, -0.25) is 14.9 Å². The highest BCUT2D eigenvalue weighted by atomic mass is 35.5. The third-order valence-corrected chi connectivity index (χ3v) is 6.60. The van der Waals surface area contributed by atoms with Crippen LogP contribution >= 0.6 is 23.4 Å². The number of nitrogens with one attached hydrogen (secondary N) is 2. The smallest absolute Gasteiger partial charge is 0.256 e. The summed E-state index contributed by atoms with van der Waals surface area (Å²) in [6.07, 6.45) is 5.61. The standard InChI is InChI=1S/C27H19ClN4O2S/c28-22-15-18(9-13-25(22)33)30-27(34)21-6-1-2-7-26(21)35-19-10-11-20-23(31-32-24(20)16-19)12-8-17-5-3-4-14-29-17/h1-16,33H,(H,30,34)(H,31,32)/b12-8+. The molecule has 1 amide bonds. The van der Waals surface area contributed by atoms with Crippen LogP contribution in [0.15, 0.2) is 94.9 Å². The number of aromatic amines is 1. The number of phenols is 1. The van der Waals surface area contributed by atoms with Gasteiger partial charge >= 0.3 is 0 Å². The molecule has 5 aromatic rings. The molecule has 0 aliphatic heterocycles. The van der Waals surface area contributed by atoms with Crippen molar-refractivity contribution in [3.05, 3.63) is 107 Å². The van der Waals surface area contributed by atoms with E-state index in [9.17, 15) is 9.90 Å². The molecule has 0 bridgehead atoms. The lowest BCUT2D eigenvalue weighted by atomic mass is 10.2. The fraction of sp³-hybridized carbons (Fsp3) is 0. The average molecular weight is 499 g/mol. The maximum atomic E-state index is 13.0. The summed E-state index contributed by atoms with van der Waals surface area (Å²) in [5, 5.41) is 21.1. The topological polar surface area (TPSA) is 90.9 Å². The molecule has 5 rings (SSSR count). The van der Waals surface area contributed by atoms with Crippen molar-refractivity contribution in [2.75, 3.05) is 5.32 Å². The molecule has 0 saturated carbocycles. The fourth-order valence-electron chi connectivity index (χ4n) is 3.50. The highest BCUT2D eigenvalue weighted by Gasteiger charge is 2.14. The van der Waals surface area contributed by atoms with Crippen LogP contribution < -0.4 is 5.32 Å². The molecule has 0 radical (unpaired) electrons. The molecule has 172 valence electrons. The van der Waals surface area contributed by atoms with Crippen molar-refractivity contribution in [3.8, 4) is 5.75 Å². The number of nitrogens with zero attached hydrogens (tertiary/aromatic N) is 2. The number of anilines is 1. The number of carbonyl (C=O) groups is 1. The van der Waals surface area contributed by atoms with Crippen LogP contribution in [0.5, 0.6) is 5.75 Å². The summed E-state index contributed by atoms with van der Waals surface area (Å²) in [6.45, 7) is 0. The molecule has 8 heteroatoms. The number of phenolic OH excluding ortho intramolecular Hbond substituents is 1. The Balaban J connectivity index is 1.36.